The van der Waals surface area contributed by atoms with Gasteiger partial charge in [-0.3, -0.25) is 4.68 Å². The fourth-order valence-electron chi connectivity index (χ4n) is 13.1. The van der Waals surface area contributed by atoms with E-state index < -0.39 is 11.1 Å². The molecule has 0 radical (unpaired) electrons. The van der Waals surface area contributed by atoms with E-state index in [1.807, 2.05) is 23.0 Å². The third-order valence-corrected chi connectivity index (χ3v) is 17.1. The Balaban J connectivity index is 1.04. The molecule has 3 aliphatic carbocycles. The maximum absolute atomic E-state index is 10.5. The molecule has 0 aliphatic heterocycles. The van der Waals surface area contributed by atoms with Crippen molar-refractivity contribution in [3.8, 4) is 5.75 Å². The van der Waals surface area contributed by atoms with Gasteiger partial charge < -0.3 is 15.7 Å². The lowest BCUT2D eigenvalue weighted by molar-refractivity contribution is 0.0802. The third-order valence-electron chi connectivity index (χ3n) is 17.1. The van der Waals surface area contributed by atoms with Crippen molar-refractivity contribution in [2.24, 2.45) is 0 Å². The van der Waals surface area contributed by atoms with Gasteiger partial charge in [-0.2, -0.15) is 5.10 Å². The van der Waals surface area contributed by atoms with Crippen LogP contribution in [-0.4, -0.2) is 46.9 Å². The molecule has 2 bridgehead atoms. The van der Waals surface area contributed by atoms with Gasteiger partial charge in [0.05, 0.1) is 12.7 Å². The number of hydrogen-bond donors (Lipinski definition) is 3. The molecule has 11 aromatic rings. The minimum absolute atomic E-state index is 0.0301. The fraction of sp³-hybridized carbons (Fsp3) is 0.171. The van der Waals surface area contributed by atoms with E-state index in [1.54, 1.807) is 12.1 Å². The zero-order valence-electron chi connectivity index (χ0n) is 44.1. The summed E-state index contributed by atoms with van der Waals surface area (Å²) in [4.78, 5) is 5.80. The van der Waals surface area contributed by atoms with Crippen molar-refractivity contribution in [2.75, 3.05) is 11.9 Å². The Hall–Kier alpha value is -9.18. The van der Waals surface area contributed by atoms with Gasteiger partial charge in [-0.15, -0.1) is 5.10 Å². The minimum Gasteiger partial charge on any atom is -0.508 e. The van der Waals surface area contributed by atoms with Gasteiger partial charge in [-0.1, -0.05) is 236 Å². The number of rotatable bonds is 17. The van der Waals surface area contributed by atoms with Gasteiger partial charge in [-0.05, 0) is 112 Å². The van der Waals surface area contributed by atoms with Crippen molar-refractivity contribution >= 4 is 22.6 Å². The van der Waals surface area contributed by atoms with Crippen LogP contribution >= 0.6 is 0 Å². The number of aromatic nitrogens is 6. The quantitative estimate of drug-likeness (QED) is 0.0780. The molecular weight excluding hydrogens is 969 g/mol. The van der Waals surface area contributed by atoms with E-state index in [4.69, 9.17) is 20.4 Å². The average molecular weight is 1030 g/mol. The van der Waals surface area contributed by atoms with Crippen LogP contribution in [-0.2, 0) is 23.0 Å². The number of phenols is 1. The predicted molar refractivity (Wildman–Crippen MR) is 316 cm³/mol. The molecule has 9 nitrogen and oxygen atoms in total. The molecule has 14 rings (SSSR count). The van der Waals surface area contributed by atoms with E-state index >= 15 is 0 Å². The molecule has 0 saturated heterocycles. The number of fused-ring (bicyclic) bond motifs is 4. The van der Waals surface area contributed by atoms with Crippen LogP contribution in [0.3, 0.4) is 0 Å². The normalized spacial score (nSPS) is 17.4. The zero-order chi connectivity index (χ0) is 53.1. The first-order valence-electron chi connectivity index (χ1n) is 27.7. The van der Waals surface area contributed by atoms with E-state index in [9.17, 15) is 5.11 Å². The number of benzene rings is 8. The second-order valence-electron chi connectivity index (χ2n) is 21.5. The number of pyridine rings is 1. The second kappa shape index (κ2) is 21.0. The lowest BCUT2D eigenvalue weighted by Gasteiger charge is -2.54. The van der Waals surface area contributed by atoms with Crippen molar-refractivity contribution in [3.05, 3.63) is 317 Å². The van der Waals surface area contributed by atoms with Crippen LogP contribution in [0, 0.1) is 0 Å². The zero-order valence-corrected chi connectivity index (χ0v) is 44.1. The first-order valence-corrected chi connectivity index (χ1v) is 27.7. The van der Waals surface area contributed by atoms with Crippen LogP contribution < -0.4 is 10.6 Å². The highest BCUT2D eigenvalue weighted by molar-refractivity contribution is 5.94. The number of phenolic OH excluding ortho intramolecular Hbond substituents is 1. The Morgan fingerprint density at radius 2 is 1.05 bits per heavy atom. The van der Waals surface area contributed by atoms with Gasteiger partial charge in [0.2, 0.25) is 0 Å². The van der Waals surface area contributed by atoms with E-state index in [0.717, 1.165) is 74.9 Å². The standard InChI is InChI=1S/C70H62N8O/c79-61-38-22-23-52(47-61)50-77-51-53(49-72-77)62(39-46-71-68-43-40-67(41-44-68,42-45-68)54-24-8-1-9-25-54)63-48-64(74-69(55-26-10-2-11-27-55,56-28-12-3-13-29-56)57-30-14-4-15-31-57)73-66-65(63)75-76-78(66)70(58-32-16-5-17-33-58,59-34-18-6-19-35-59)60-36-20-7-21-37-60/h1-39,47-49,51,71,79H,40-46,50H2,(H,73,74). The highest BCUT2D eigenvalue weighted by atomic mass is 16.3. The van der Waals surface area contributed by atoms with Crippen LogP contribution in [0.5, 0.6) is 5.75 Å². The van der Waals surface area contributed by atoms with Gasteiger partial charge in [0.1, 0.15) is 28.2 Å². The van der Waals surface area contributed by atoms with Crippen molar-refractivity contribution in [3.63, 3.8) is 0 Å². The molecule has 9 heteroatoms. The Morgan fingerprint density at radius 1 is 0.557 bits per heavy atom. The maximum atomic E-state index is 10.5. The molecule has 3 aromatic heterocycles. The van der Waals surface area contributed by atoms with Crippen molar-refractivity contribution in [1.29, 1.82) is 0 Å². The molecule has 0 unspecified atom stereocenters. The minimum atomic E-state index is -1.02. The first kappa shape index (κ1) is 49.4. The fourth-order valence-corrected chi connectivity index (χ4v) is 13.1. The summed E-state index contributed by atoms with van der Waals surface area (Å²) in [6, 6.07) is 84.6. The van der Waals surface area contributed by atoms with Crippen LogP contribution in [0.15, 0.2) is 261 Å². The number of hydrogen-bond acceptors (Lipinski definition) is 7. The van der Waals surface area contributed by atoms with Gasteiger partial charge in [0, 0.05) is 29.4 Å². The SMILES string of the molecule is Oc1cccc(Cn2cc(C(=CCNC34CCC(c5ccccc5)(CC3)CC4)c3cc(NC(c4ccccc4)(c4ccccc4)c4ccccc4)nc4c3nnn4C(c3ccccc3)(c3ccccc3)c3ccccc3)cn2)c1. The molecule has 79 heavy (non-hydrogen) atoms. The highest BCUT2D eigenvalue weighted by Gasteiger charge is 2.49. The number of nitrogens with zero attached hydrogens (tertiary/aromatic N) is 6. The number of aromatic hydroxyl groups is 1. The molecule has 0 spiro atoms. The summed E-state index contributed by atoms with van der Waals surface area (Å²) in [6.07, 6.45) is 13.3. The molecule has 8 aromatic carbocycles. The summed E-state index contributed by atoms with van der Waals surface area (Å²) in [5.74, 6) is 0.854. The summed E-state index contributed by atoms with van der Waals surface area (Å²) in [5, 5.41) is 34.4. The number of nitrogens with one attached hydrogen (secondary N) is 2. The van der Waals surface area contributed by atoms with Gasteiger partial charge in [0.15, 0.2) is 5.65 Å². The molecule has 3 fully saturated rings. The Bertz CT molecular complexity index is 3650. The smallest absolute Gasteiger partial charge is 0.182 e. The molecule has 0 atom stereocenters. The number of anilines is 1. The Morgan fingerprint density at radius 3 is 1.56 bits per heavy atom. The van der Waals surface area contributed by atoms with Gasteiger partial charge >= 0.3 is 0 Å². The monoisotopic (exact) mass is 1030 g/mol. The maximum Gasteiger partial charge on any atom is 0.182 e. The van der Waals surface area contributed by atoms with Gasteiger partial charge in [-0.25, -0.2) is 9.67 Å². The molecule has 3 saturated carbocycles. The van der Waals surface area contributed by atoms with Crippen molar-refractivity contribution in [1.82, 2.24) is 35.1 Å². The summed E-state index contributed by atoms with van der Waals surface area (Å²) < 4.78 is 4.00. The van der Waals surface area contributed by atoms with E-state index in [1.165, 1.54) is 24.8 Å². The lowest BCUT2D eigenvalue weighted by atomic mass is 9.55. The Kier molecular flexibility index (Phi) is 13.1. The summed E-state index contributed by atoms with van der Waals surface area (Å²) in [5.41, 5.74) is 10.9. The summed E-state index contributed by atoms with van der Waals surface area (Å²) >= 11 is 0. The van der Waals surface area contributed by atoms with Crippen LogP contribution in [0.1, 0.15) is 94.2 Å². The molecule has 0 amide bonds. The first-order chi connectivity index (χ1) is 38.9. The van der Waals surface area contributed by atoms with Crippen LogP contribution in [0.2, 0.25) is 0 Å². The molecule has 3 N–H and O–H groups in total. The average Bonchev–Trinajstić information content (AvgIpc) is 4.41. The van der Waals surface area contributed by atoms with Gasteiger partial charge in [0.25, 0.3) is 0 Å². The topological polar surface area (TPSA) is 106 Å². The molecular formula is C70H62N8O. The van der Waals surface area contributed by atoms with E-state index in [0.29, 0.717) is 30.1 Å². The van der Waals surface area contributed by atoms with E-state index in [2.05, 4.69) is 246 Å². The molecule has 3 aliphatic rings. The summed E-state index contributed by atoms with van der Waals surface area (Å²) in [7, 11) is 0. The van der Waals surface area contributed by atoms with Crippen molar-refractivity contribution in [2.45, 2.75) is 67.1 Å². The predicted octanol–water partition coefficient (Wildman–Crippen LogP) is 14.1. The lowest BCUT2D eigenvalue weighted by Crippen LogP contribution is -2.56. The Labute approximate surface area is 462 Å². The highest BCUT2D eigenvalue weighted by Crippen LogP contribution is 2.54. The largest absolute Gasteiger partial charge is 0.508 e. The van der Waals surface area contributed by atoms with Crippen molar-refractivity contribution < 1.29 is 5.11 Å². The van der Waals surface area contributed by atoms with E-state index in [-0.39, 0.29) is 16.7 Å². The summed E-state index contributed by atoms with van der Waals surface area (Å²) in [6.45, 7) is 1.10. The van der Waals surface area contributed by atoms with Crippen LogP contribution in [0.4, 0.5) is 5.82 Å². The van der Waals surface area contributed by atoms with Crippen LogP contribution in [0.25, 0.3) is 16.7 Å². The second-order valence-corrected chi connectivity index (χ2v) is 21.5. The molecule has 3 heterocycles. The molecule has 388 valence electrons. The third kappa shape index (κ3) is 9.09.